The molecule has 2 rings (SSSR count). The smallest absolute Gasteiger partial charge is 0.314 e. The van der Waals surface area contributed by atoms with E-state index in [-0.39, 0.29) is 0 Å². The van der Waals surface area contributed by atoms with Gasteiger partial charge in [0, 0.05) is 0 Å². The van der Waals surface area contributed by atoms with Crippen LogP contribution in [0.25, 0.3) is 6.08 Å². The molecule has 0 spiro atoms. The molecule has 142 valence electrons. The van der Waals surface area contributed by atoms with Crippen LogP contribution in [0.15, 0.2) is 24.3 Å². The second-order valence-corrected chi connectivity index (χ2v) is 7.01. The van der Waals surface area contributed by atoms with Crippen LogP contribution in [0.2, 0.25) is 0 Å². The normalized spacial score (nSPS) is 21.3. The first kappa shape index (κ1) is 20.2. The lowest BCUT2D eigenvalue weighted by Crippen LogP contribution is -2.41. The largest absolute Gasteiger partial charge is 0.481 e. The molecule has 0 aromatic heterocycles. The maximum atomic E-state index is 12.9. The van der Waals surface area contributed by atoms with Crippen molar-refractivity contribution < 1.29 is 19.4 Å². The highest BCUT2D eigenvalue weighted by atomic mass is 16.5. The minimum absolute atomic E-state index is 0.337. The fourth-order valence-corrected chi connectivity index (χ4v) is 3.65. The Bertz CT molecular complexity index is 677. The van der Waals surface area contributed by atoms with Crippen molar-refractivity contribution in [2.24, 2.45) is 5.41 Å². The molecule has 2 atom stereocenters. The third-order valence-corrected chi connectivity index (χ3v) is 5.41. The van der Waals surface area contributed by atoms with Gasteiger partial charge < -0.3 is 9.84 Å². The Morgan fingerprint density at radius 3 is 2.54 bits per heavy atom. The first-order chi connectivity index (χ1) is 12.5. The fraction of sp³-hybridized carbons (Fsp3) is 0.545. The Morgan fingerprint density at radius 1 is 1.15 bits per heavy atom. The highest BCUT2D eigenvalue weighted by Gasteiger charge is 2.50. The van der Waals surface area contributed by atoms with Gasteiger partial charge in [-0.1, -0.05) is 70.4 Å². The SMILES string of the molecule is CCCCCCOC(=O)C1c2ccc(CC)cc2C=CC1(CC)C(=O)O. The van der Waals surface area contributed by atoms with E-state index in [1.54, 1.807) is 6.08 Å². The number of rotatable bonds is 9. The predicted octanol–water partition coefficient (Wildman–Crippen LogP) is 4.96. The number of benzene rings is 1. The van der Waals surface area contributed by atoms with Crippen molar-refractivity contribution >= 4 is 18.0 Å². The van der Waals surface area contributed by atoms with Gasteiger partial charge in [0.15, 0.2) is 0 Å². The Morgan fingerprint density at radius 2 is 1.92 bits per heavy atom. The number of hydrogen-bond acceptors (Lipinski definition) is 3. The van der Waals surface area contributed by atoms with Crippen molar-refractivity contribution in [3.05, 3.63) is 41.0 Å². The summed E-state index contributed by atoms with van der Waals surface area (Å²) in [6, 6.07) is 5.91. The number of aliphatic carboxylic acids is 1. The summed E-state index contributed by atoms with van der Waals surface area (Å²) in [6.07, 6.45) is 8.82. The number of esters is 1. The van der Waals surface area contributed by atoms with Crippen LogP contribution in [0.4, 0.5) is 0 Å². The van der Waals surface area contributed by atoms with E-state index in [0.717, 1.165) is 43.2 Å². The van der Waals surface area contributed by atoms with Gasteiger partial charge in [-0.15, -0.1) is 0 Å². The van der Waals surface area contributed by atoms with Crippen molar-refractivity contribution in [1.29, 1.82) is 0 Å². The van der Waals surface area contributed by atoms with Crippen molar-refractivity contribution in [3.63, 3.8) is 0 Å². The number of ether oxygens (including phenoxy) is 1. The molecule has 1 N–H and O–H groups in total. The van der Waals surface area contributed by atoms with Gasteiger partial charge in [0.1, 0.15) is 11.3 Å². The molecule has 0 saturated carbocycles. The molecule has 0 heterocycles. The van der Waals surface area contributed by atoms with E-state index in [9.17, 15) is 14.7 Å². The van der Waals surface area contributed by atoms with E-state index in [2.05, 4.69) is 13.8 Å². The van der Waals surface area contributed by atoms with Gasteiger partial charge in [0.05, 0.1) is 6.61 Å². The standard InChI is InChI=1S/C22H30O4/c1-4-7-8-9-14-26-20(23)19-18-11-10-16(5-2)15-17(18)12-13-22(19,6-3)21(24)25/h10-13,15,19H,4-9,14H2,1-3H3,(H,24,25). The second-order valence-electron chi connectivity index (χ2n) is 7.01. The number of carboxylic acid groups (broad SMARTS) is 1. The van der Waals surface area contributed by atoms with E-state index in [4.69, 9.17) is 4.74 Å². The lowest BCUT2D eigenvalue weighted by Gasteiger charge is -2.36. The first-order valence-corrected chi connectivity index (χ1v) is 9.72. The van der Waals surface area contributed by atoms with Gasteiger partial charge in [-0.05, 0) is 36.0 Å². The molecule has 0 aliphatic heterocycles. The van der Waals surface area contributed by atoms with Crippen LogP contribution in [0.5, 0.6) is 0 Å². The number of carbonyl (C=O) groups excluding carboxylic acids is 1. The maximum Gasteiger partial charge on any atom is 0.314 e. The lowest BCUT2D eigenvalue weighted by molar-refractivity contribution is -0.158. The molecule has 1 aliphatic rings. The van der Waals surface area contributed by atoms with Crippen LogP contribution in [0, 0.1) is 5.41 Å². The zero-order valence-electron chi connectivity index (χ0n) is 16.1. The fourth-order valence-electron chi connectivity index (χ4n) is 3.65. The summed E-state index contributed by atoms with van der Waals surface area (Å²) in [4.78, 5) is 25.0. The summed E-state index contributed by atoms with van der Waals surface area (Å²) in [7, 11) is 0. The van der Waals surface area contributed by atoms with Gasteiger partial charge in [-0.25, -0.2) is 0 Å². The quantitative estimate of drug-likeness (QED) is 0.500. The minimum atomic E-state index is -1.25. The molecule has 0 amide bonds. The monoisotopic (exact) mass is 358 g/mol. The van der Waals surface area contributed by atoms with Gasteiger partial charge in [-0.2, -0.15) is 0 Å². The number of fused-ring (bicyclic) bond motifs is 1. The van der Waals surface area contributed by atoms with Gasteiger partial charge in [0.25, 0.3) is 0 Å². The molecule has 0 radical (unpaired) electrons. The highest BCUT2D eigenvalue weighted by molar-refractivity contribution is 5.93. The molecule has 0 bridgehead atoms. The van der Waals surface area contributed by atoms with Crippen molar-refractivity contribution in [2.45, 2.75) is 65.2 Å². The summed E-state index contributed by atoms with van der Waals surface area (Å²) >= 11 is 0. The third kappa shape index (κ3) is 4.00. The molecular formula is C22H30O4. The summed E-state index contributed by atoms with van der Waals surface area (Å²) < 4.78 is 5.51. The number of carboxylic acids is 1. The van der Waals surface area contributed by atoms with Crippen molar-refractivity contribution in [1.82, 2.24) is 0 Å². The van der Waals surface area contributed by atoms with Crippen LogP contribution in [-0.2, 0) is 20.7 Å². The maximum absolute atomic E-state index is 12.9. The molecule has 26 heavy (non-hydrogen) atoms. The van der Waals surface area contributed by atoms with Crippen molar-refractivity contribution in [2.75, 3.05) is 6.61 Å². The Hall–Kier alpha value is -2.10. The summed E-state index contributed by atoms with van der Waals surface area (Å²) in [5.74, 6) is -2.21. The van der Waals surface area contributed by atoms with Crippen LogP contribution in [0.1, 0.15) is 75.5 Å². The number of hydrogen-bond donors (Lipinski definition) is 1. The Kier molecular flexibility index (Phi) is 7.01. The van der Waals surface area contributed by atoms with Gasteiger partial charge >= 0.3 is 11.9 Å². The van der Waals surface area contributed by atoms with E-state index in [1.165, 1.54) is 5.56 Å². The minimum Gasteiger partial charge on any atom is -0.481 e. The molecule has 2 unspecified atom stereocenters. The predicted molar refractivity (Wildman–Crippen MR) is 103 cm³/mol. The van der Waals surface area contributed by atoms with Crippen LogP contribution in [-0.4, -0.2) is 23.7 Å². The average Bonchev–Trinajstić information content (AvgIpc) is 2.65. The molecule has 0 saturated heterocycles. The van der Waals surface area contributed by atoms with E-state index in [0.29, 0.717) is 13.0 Å². The molecule has 1 aromatic rings. The summed E-state index contributed by atoms with van der Waals surface area (Å²) in [6.45, 7) is 6.36. The number of carbonyl (C=O) groups is 2. The Balaban J connectivity index is 2.32. The Labute approximate surface area is 156 Å². The topological polar surface area (TPSA) is 63.6 Å². The van der Waals surface area contributed by atoms with Crippen LogP contribution >= 0.6 is 0 Å². The molecule has 1 aromatic carbocycles. The summed E-state index contributed by atoms with van der Waals surface area (Å²) in [5, 5.41) is 9.92. The molecule has 1 aliphatic carbocycles. The lowest BCUT2D eigenvalue weighted by atomic mass is 9.66. The first-order valence-electron chi connectivity index (χ1n) is 9.72. The number of aryl methyl sites for hydroxylation is 1. The summed E-state index contributed by atoms with van der Waals surface area (Å²) in [5.41, 5.74) is 1.59. The zero-order valence-corrected chi connectivity index (χ0v) is 16.1. The van der Waals surface area contributed by atoms with Crippen molar-refractivity contribution in [3.8, 4) is 0 Å². The zero-order chi connectivity index (χ0) is 19.2. The number of unbranched alkanes of at least 4 members (excludes halogenated alkanes) is 3. The van der Waals surface area contributed by atoms with Crippen LogP contribution < -0.4 is 0 Å². The molecule has 4 heteroatoms. The second kappa shape index (κ2) is 9.02. The molecule has 4 nitrogen and oxygen atoms in total. The van der Waals surface area contributed by atoms with Gasteiger partial charge in [-0.3, -0.25) is 9.59 Å². The van der Waals surface area contributed by atoms with E-state index >= 15 is 0 Å². The molecule has 0 fully saturated rings. The van der Waals surface area contributed by atoms with E-state index in [1.807, 2.05) is 31.2 Å². The van der Waals surface area contributed by atoms with Gasteiger partial charge in [0.2, 0.25) is 0 Å². The average molecular weight is 358 g/mol. The third-order valence-electron chi connectivity index (χ3n) is 5.41. The van der Waals surface area contributed by atoms with E-state index < -0.39 is 23.3 Å². The highest BCUT2D eigenvalue weighted by Crippen LogP contribution is 2.47. The van der Waals surface area contributed by atoms with Crippen LogP contribution in [0.3, 0.4) is 0 Å². The molecular weight excluding hydrogens is 328 g/mol.